The molecule has 0 aliphatic heterocycles. The number of hydrogen-bond donors (Lipinski definition) is 3. The lowest BCUT2D eigenvalue weighted by atomic mass is 9.86. The van der Waals surface area contributed by atoms with E-state index in [4.69, 9.17) is 0 Å². The average Bonchev–Trinajstić information content (AvgIpc) is 2.81. The summed E-state index contributed by atoms with van der Waals surface area (Å²) in [6.45, 7) is 1.56. The number of fused-ring (bicyclic) bond motifs is 1. The van der Waals surface area contributed by atoms with Crippen molar-refractivity contribution in [2.75, 3.05) is 6.54 Å². The zero-order valence-corrected chi connectivity index (χ0v) is 19.0. The van der Waals surface area contributed by atoms with E-state index in [0.29, 0.717) is 5.56 Å². The Balaban J connectivity index is 1.48. The Labute approximate surface area is 197 Å². The summed E-state index contributed by atoms with van der Waals surface area (Å²) in [5.74, 6) is -1.71. The maximum absolute atomic E-state index is 13.6. The fraction of sp³-hybridized carbons (Fsp3) is 0.346. The molecule has 0 radical (unpaired) electrons. The number of nitrogens with zero attached hydrogens (tertiary/aromatic N) is 2. The fourth-order valence-electron chi connectivity index (χ4n) is 4.55. The molecule has 3 atom stereocenters. The Morgan fingerprint density at radius 2 is 1.97 bits per heavy atom. The second-order valence-electron chi connectivity index (χ2n) is 8.71. The molecule has 1 heterocycles. The molecule has 2 aromatic carbocycles. The first-order chi connectivity index (χ1) is 16.4. The zero-order chi connectivity index (χ0) is 24.1. The zero-order valence-electron chi connectivity index (χ0n) is 19.0. The molecular formula is C26H28F2N4O2. The van der Waals surface area contributed by atoms with Gasteiger partial charge in [0.25, 0.3) is 0 Å². The number of amides is 1. The molecule has 0 spiro atoms. The van der Waals surface area contributed by atoms with Crippen molar-refractivity contribution in [3.8, 4) is 11.3 Å². The van der Waals surface area contributed by atoms with Gasteiger partial charge < -0.3 is 15.7 Å². The lowest BCUT2D eigenvalue weighted by Gasteiger charge is -2.30. The van der Waals surface area contributed by atoms with E-state index in [9.17, 15) is 18.7 Å². The Morgan fingerprint density at radius 1 is 1.18 bits per heavy atom. The van der Waals surface area contributed by atoms with Gasteiger partial charge in [0.05, 0.1) is 24.0 Å². The average molecular weight is 467 g/mol. The van der Waals surface area contributed by atoms with Crippen molar-refractivity contribution in [3.63, 3.8) is 0 Å². The Morgan fingerprint density at radius 3 is 2.68 bits per heavy atom. The summed E-state index contributed by atoms with van der Waals surface area (Å²) in [6, 6.07) is 8.83. The molecule has 1 aliphatic rings. The lowest BCUT2D eigenvalue weighted by molar-refractivity contribution is -0.120. The normalized spacial score (nSPS) is 17.0. The van der Waals surface area contributed by atoms with Crippen LogP contribution in [0.1, 0.15) is 42.5 Å². The largest absolute Gasteiger partial charge is 0.390 e. The molecule has 0 saturated carbocycles. The number of hydrogen-bond acceptors (Lipinski definition) is 5. The first-order valence-corrected chi connectivity index (χ1v) is 11.4. The number of aromatic nitrogens is 2. The van der Waals surface area contributed by atoms with Gasteiger partial charge in [-0.3, -0.25) is 14.8 Å². The predicted molar refractivity (Wildman–Crippen MR) is 125 cm³/mol. The molecule has 178 valence electrons. The van der Waals surface area contributed by atoms with Gasteiger partial charge in [0.15, 0.2) is 0 Å². The third-order valence-electron chi connectivity index (χ3n) is 6.12. The number of rotatable bonds is 8. The van der Waals surface area contributed by atoms with Gasteiger partial charge >= 0.3 is 0 Å². The number of carbonyl (C=O) groups is 1. The molecular weight excluding hydrogens is 438 g/mol. The van der Waals surface area contributed by atoms with Gasteiger partial charge in [-0.15, -0.1) is 0 Å². The third kappa shape index (κ3) is 6.01. The van der Waals surface area contributed by atoms with Gasteiger partial charge in [-0.05, 0) is 60.6 Å². The van der Waals surface area contributed by atoms with E-state index < -0.39 is 23.8 Å². The monoisotopic (exact) mass is 466 g/mol. The van der Waals surface area contributed by atoms with Crippen molar-refractivity contribution in [1.29, 1.82) is 0 Å². The van der Waals surface area contributed by atoms with E-state index in [2.05, 4.69) is 32.7 Å². The van der Waals surface area contributed by atoms with Gasteiger partial charge in [0, 0.05) is 43.5 Å². The van der Waals surface area contributed by atoms with Gasteiger partial charge in [-0.2, -0.15) is 0 Å². The molecule has 0 fully saturated rings. The van der Waals surface area contributed by atoms with Crippen molar-refractivity contribution in [1.82, 2.24) is 20.6 Å². The molecule has 0 saturated heterocycles. The van der Waals surface area contributed by atoms with E-state index in [1.54, 1.807) is 18.6 Å². The number of aliphatic hydroxyl groups is 1. The minimum atomic E-state index is -0.955. The molecule has 1 amide bonds. The van der Waals surface area contributed by atoms with Crippen molar-refractivity contribution in [3.05, 3.63) is 83.3 Å². The van der Waals surface area contributed by atoms with Crippen LogP contribution in [0.25, 0.3) is 11.3 Å². The van der Waals surface area contributed by atoms with Crippen LogP contribution in [0.2, 0.25) is 0 Å². The smallest absolute Gasteiger partial charge is 0.217 e. The molecule has 1 unspecified atom stereocenters. The lowest BCUT2D eigenvalue weighted by Crippen LogP contribution is -2.48. The molecule has 3 aromatic rings. The molecule has 3 N–H and O–H groups in total. The van der Waals surface area contributed by atoms with Crippen LogP contribution in [0.3, 0.4) is 0 Å². The summed E-state index contributed by atoms with van der Waals surface area (Å²) >= 11 is 0. The molecule has 1 aliphatic carbocycles. The topological polar surface area (TPSA) is 87.1 Å². The highest BCUT2D eigenvalue weighted by Crippen LogP contribution is 2.32. The summed E-state index contributed by atoms with van der Waals surface area (Å²) in [6.07, 6.45) is 7.08. The first-order valence-electron chi connectivity index (χ1n) is 11.4. The summed E-state index contributed by atoms with van der Waals surface area (Å²) in [4.78, 5) is 20.3. The number of nitrogens with one attached hydrogen (secondary N) is 2. The maximum Gasteiger partial charge on any atom is 0.217 e. The highest BCUT2D eigenvalue weighted by Gasteiger charge is 2.25. The van der Waals surface area contributed by atoms with Gasteiger partial charge in [-0.1, -0.05) is 12.1 Å². The van der Waals surface area contributed by atoms with Crippen LogP contribution in [0, 0.1) is 11.6 Å². The van der Waals surface area contributed by atoms with Crippen molar-refractivity contribution < 1.29 is 18.7 Å². The summed E-state index contributed by atoms with van der Waals surface area (Å²) in [7, 11) is 0. The van der Waals surface area contributed by atoms with Gasteiger partial charge in [0.2, 0.25) is 5.91 Å². The van der Waals surface area contributed by atoms with Crippen LogP contribution in [-0.2, 0) is 17.6 Å². The summed E-state index contributed by atoms with van der Waals surface area (Å²) in [5, 5.41) is 17.0. The number of aliphatic hydroxyl groups excluding tert-OH is 1. The minimum absolute atomic E-state index is 0.0274. The molecule has 0 bridgehead atoms. The van der Waals surface area contributed by atoms with Crippen molar-refractivity contribution >= 4 is 5.91 Å². The summed E-state index contributed by atoms with van der Waals surface area (Å²) < 4.78 is 27.2. The van der Waals surface area contributed by atoms with Crippen LogP contribution in [0.5, 0.6) is 0 Å². The fourth-order valence-corrected chi connectivity index (χ4v) is 4.55. The number of halogens is 2. The van der Waals surface area contributed by atoms with Crippen LogP contribution in [0.4, 0.5) is 8.78 Å². The summed E-state index contributed by atoms with van der Waals surface area (Å²) in [5.41, 5.74) is 4.55. The SMILES string of the molecule is CC(=O)N[C@@H](Cc1cc(F)cc(F)c1)[C@H](O)CNC1CCCc2ccc(-c3cnccn3)cc21. The third-order valence-corrected chi connectivity index (χ3v) is 6.12. The van der Waals surface area contributed by atoms with Crippen LogP contribution in [0.15, 0.2) is 55.0 Å². The first kappa shape index (κ1) is 23.9. The highest BCUT2D eigenvalue weighted by molar-refractivity contribution is 5.73. The quantitative estimate of drug-likeness (QED) is 0.473. The van der Waals surface area contributed by atoms with Crippen molar-refractivity contribution in [2.24, 2.45) is 0 Å². The van der Waals surface area contributed by atoms with Crippen molar-refractivity contribution in [2.45, 2.75) is 50.8 Å². The number of aryl methyl sites for hydroxylation is 1. The second-order valence-corrected chi connectivity index (χ2v) is 8.71. The standard InChI is InChI=1S/C26H28F2N4O2/c1-16(33)32-24(11-17-9-20(27)13-21(28)10-17)26(34)15-31-23-4-2-3-18-5-6-19(12-22(18)23)25-14-29-7-8-30-25/h5-10,12-14,23-24,26,31,34H,2-4,11,15H2,1H3,(H,32,33)/t23?,24-,26+/m0/s1. The predicted octanol–water partition coefficient (Wildman–Crippen LogP) is 3.50. The Kier molecular flexibility index (Phi) is 7.59. The van der Waals surface area contributed by atoms with E-state index in [0.717, 1.165) is 42.1 Å². The van der Waals surface area contributed by atoms with E-state index >= 15 is 0 Å². The van der Waals surface area contributed by atoms with E-state index in [-0.39, 0.29) is 24.9 Å². The highest BCUT2D eigenvalue weighted by atomic mass is 19.1. The van der Waals surface area contributed by atoms with Crippen LogP contribution >= 0.6 is 0 Å². The molecule has 4 rings (SSSR count). The molecule has 8 heteroatoms. The molecule has 1 aromatic heterocycles. The maximum atomic E-state index is 13.6. The second kappa shape index (κ2) is 10.8. The van der Waals surface area contributed by atoms with E-state index in [1.165, 1.54) is 24.6 Å². The van der Waals surface area contributed by atoms with Crippen LogP contribution < -0.4 is 10.6 Å². The molecule has 6 nitrogen and oxygen atoms in total. The Bertz CT molecular complexity index is 1120. The number of carbonyl (C=O) groups excluding carboxylic acids is 1. The van der Waals surface area contributed by atoms with Gasteiger partial charge in [-0.25, -0.2) is 8.78 Å². The number of benzene rings is 2. The molecule has 34 heavy (non-hydrogen) atoms. The Hall–Kier alpha value is -3.23. The van der Waals surface area contributed by atoms with Gasteiger partial charge in [0.1, 0.15) is 11.6 Å². The minimum Gasteiger partial charge on any atom is -0.390 e. The van der Waals surface area contributed by atoms with E-state index in [1.807, 2.05) is 6.07 Å². The van der Waals surface area contributed by atoms with Crippen LogP contribution in [-0.4, -0.2) is 39.7 Å².